The Balaban J connectivity index is 2.62. The summed E-state index contributed by atoms with van der Waals surface area (Å²) in [6.45, 7) is 4.46. The molecule has 0 bridgehead atoms. The van der Waals surface area contributed by atoms with E-state index in [0.717, 1.165) is 25.1 Å². The maximum atomic E-state index is 11.5. The highest BCUT2D eigenvalue weighted by atomic mass is 16.2. The van der Waals surface area contributed by atoms with Crippen LogP contribution in [0.25, 0.3) is 0 Å². The molecule has 0 heterocycles. The van der Waals surface area contributed by atoms with Gasteiger partial charge >= 0.3 is 0 Å². The molecule has 0 saturated carbocycles. The van der Waals surface area contributed by atoms with E-state index < -0.39 is 0 Å². The van der Waals surface area contributed by atoms with Crippen molar-refractivity contribution in [2.45, 2.75) is 26.7 Å². The minimum Gasteiger partial charge on any atom is -0.312 e. The number of carbonyl (C=O) groups excluding carboxylic acids is 1. The molecule has 1 rings (SSSR count). The number of hydrogen-bond acceptors (Lipinski definition) is 1. The van der Waals surface area contributed by atoms with Crippen molar-refractivity contribution in [3.63, 3.8) is 0 Å². The summed E-state index contributed by atoms with van der Waals surface area (Å²) in [6, 6.07) is 9.79. The topological polar surface area (TPSA) is 20.3 Å². The molecule has 0 radical (unpaired) electrons. The molecule has 1 aromatic rings. The fourth-order valence-electron chi connectivity index (χ4n) is 1.56. The van der Waals surface area contributed by atoms with Gasteiger partial charge in [0.25, 0.3) is 0 Å². The van der Waals surface area contributed by atoms with Gasteiger partial charge in [-0.25, -0.2) is 0 Å². The van der Waals surface area contributed by atoms with Crippen LogP contribution in [-0.4, -0.2) is 12.5 Å². The Kier molecular flexibility index (Phi) is 5.34. The summed E-state index contributed by atoms with van der Waals surface area (Å²) in [7, 11) is 0. The van der Waals surface area contributed by atoms with Crippen molar-refractivity contribution in [3.8, 4) is 0 Å². The molecule has 0 spiro atoms. The molecule has 2 heteroatoms. The Morgan fingerprint density at radius 3 is 2.50 bits per heavy atom. The van der Waals surface area contributed by atoms with Crippen LogP contribution < -0.4 is 4.90 Å². The first-order chi connectivity index (χ1) is 7.75. The van der Waals surface area contributed by atoms with E-state index in [1.165, 1.54) is 0 Å². The number of amides is 1. The molecule has 0 fully saturated rings. The molecule has 1 amide bonds. The van der Waals surface area contributed by atoms with Gasteiger partial charge in [-0.3, -0.25) is 4.79 Å². The van der Waals surface area contributed by atoms with Crippen LogP contribution in [0.2, 0.25) is 0 Å². The van der Waals surface area contributed by atoms with E-state index in [2.05, 4.69) is 19.1 Å². The van der Waals surface area contributed by atoms with Gasteiger partial charge < -0.3 is 4.90 Å². The number of rotatable bonds is 5. The van der Waals surface area contributed by atoms with Crippen molar-refractivity contribution < 1.29 is 4.79 Å². The molecule has 0 N–H and O–H groups in total. The molecule has 0 aliphatic heterocycles. The molecular weight excluding hydrogens is 198 g/mol. The standard InChI is InChI=1S/C14H19NO/c1-3-4-5-9-12-15(13(2)16)14-10-7-6-8-11-14/h4-8,10-11H,3,9,12H2,1-2H3/b5-4-. The van der Waals surface area contributed by atoms with Gasteiger partial charge in [0, 0.05) is 19.2 Å². The predicted molar refractivity (Wildman–Crippen MR) is 68.5 cm³/mol. The normalized spacial score (nSPS) is 10.6. The second-order valence-electron chi connectivity index (χ2n) is 3.67. The quantitative estimate of drug-likeness (QED) is 0.692. The van der Waals surface area contributed by atoms with Gasteiger partial charge in [-0.2, -0.15) is 0 Å². The van der Waals surface area contributed by atoms with Crippen molar-refractivity contribution in [1.29, 1.82) is 0 Å². The smallest absolute Gasteiger partial charge is 0.223 e. The number of hydrogen-bond donors (Lipinski definition) is 0. The van der Waals surface area contributed by atoms with Crippen LogP contribution in [-0.2, 0) is 4.79 Å². The molecule has 86 valence electrons. The minimum atomic E-state index is 0.0936. The van der Waals surface area contributed by atoms with Gasteiger partial charge in [0.05, 0.1) is 0 Å². The molecule has 0 atom stereocenters. The van der Waals surface area contributed by atoms with Gasteiger partial charge in [-0.15, -0.1) is 0 Å². The zero-order valence-electron chi connectivity index (χ0n) is 10.0. The monoisotopic (exact) mass is 217 g/mol. The summed E-state index contributed by atoms with van der Waals surface area (Å²) in [6.07, 6.45) is 6.20. The Hall–Kier alpha value is -1.57. The number of carbonyl (C=O) groups is 1. The SMILES string of the molecule is CC/C=C\CCN(C(C)=O)c1ccccc1. The van der Waals surface area contributed by atoms with E-state index >= 15 is 0 Å². The van der Waals surface area contributed by atoms with Gasteiger partial charge in [0.15, 0.2) is 0 Å². The van der Waals surface area contributed by atoms with Crippen LogP contribution in [0.5, 0.6) is 0 Å². The van der Waals surface area contributed by atoms with Crippen LogP contribution in [0.3, 0.4) is 0 Å². The highest BCUT2D eigenvalue weighted by Crippen LogP contribution is 2.13. The van der Waals surface area contributed by atoms with E-state index in [0.29, 0.717) is 0 Å². The van der Waals surface area contributed by atoms with Crippen molar-refractivity contribution >= 4 is 11.6 Å². The summed E-state index contributed by atoms with van der Waals surface area (Å²) in [5.74, 6) is 0.0936. The molecule has 0 unspecified atom stereocenters. The largest absolute Gasteiger partial charge is 0.312 e. The van der Waals surface area contributed by atoms with Crippen molar-refractivity contribution in [2.24, 2.45) is 0 Å². The third kappa shape index (κ3) is 3.89. The summed E-state index contributed by atoms with van der Waals surface area (Å²) in [4.78, 5) is 13.3. The number of allylic oxidation sites excluding steroid dienone is 1. The summed E-state index contributed by atoms with van der Waals surface area (Å²) >= 11 is 0. The maximum absolute atomic E-state index is 11.5. The fourth-order valence-corrected chi connectivity index (χ4v) is 1.56. The lowest BCUT2D eigenvalue weighted by Crippen LogP contribution is -2.29. The molecule has 0 aromatic heterocycles. The van der Waals surface area contributed by atoms with E-state index in [1.54, 1.807) is 11.8 Å². The van der Waals surface area contributed by atoms with Crippen LogP contribution in [0.4, 0.5) is 5.69 Å². The molecule has 0 aliphatic rings. The van der Waals surface area contributed by atoms with Crippen LogP contribution in [0, 0.1) is 0 Å². The van der Waals surface area contributed by atoms with E-state index in [1.807, 2.05) is 30.3 Å². The molecular formula is C14H19NO. The van der Waals surface area contributed by atoms with Crippen LogP contribution in [0.15, 0.2) is 42.5 Å². The Morgan fingerprint density at radius 2 is 1.94 bits per heavy atom. The van der Waals surface area contributed by atoms with Crippen LogP contribution in [0.1, 0.15) is 26.7 Å². The van der Waals surface area contributed by atoms with E-state index in [4.69, 9.17) is 0 Å². The first-order valence-corrected chi connectivity index (χ1v) is 5.74. The second-order valence-corrected chi connectivity index (χ2v) is 3.67. The van der Waals surface area contributed by atoms with Gasteiger partial charge in [0.1, 0.15) is 0 Å². The van der Waals surface area contributed by atoms with Crippen molar-refractivity contribution in [3.05, 3.63) is 42.5 Å². The fraction of sp³-hybridized carbons (Fsp3) is 0.357. The molecule has 0 saturated heterocycles. The Labute approximate surface area is 97.6 Å². The van der Waals surface area contributed by atoms with Gasteiger partial charge in [-0.1, -0.05) is 37.3 Å². The lowest BCUT2D eigenvalue weighted by molar-refractivity contribution is -0.116. The van der Waals surface area contributed by atoms with Crippen molar-refractivity contribution in [2.75, 3.05) is 11.4 Å². The third-order valence-electron chi connectivity index (χ3n) is 2.37. The van der Waals surface area contributed by atoms with E-state index in [-0.39, 0.29) is 5.91 Å². The third-order valence-corrected chi connectivity index (χ3v) is 2.37. The zero-order valence-corrected chi connectivity index (χ0v) is 10.0. The molecule has 16 heavy (non-hydrogen) atoms. The Morgan fingerprint density at radius 1 is 1.25 bits per heavy atom. The van der Waals surface area contributed by atoms with Gasteiger partial charge in [0.2, 0.25) is 5.91 Å². The number of nitrogens with zero attached hydrogens (tertiary/aromatic N) is 1. The first-order valence-electron chi connectivity index (χ1n) is 5.74. The Bertz CT molecular complexity index is 343. The number of para-hydroxylation sites is 1. The van der Waals surface area contributed by atoms with Gasteiger partial charge in [-0.05, 0) is 25.0 Å². The number of benzene rings is 1. The number of anilines is 1. The molecule has 2 nitrogen and oxygen atoms in total. The maximum Gasteiger partial charge on any atom is 0.223 e. The second kappa shape index (κ2) is 6.83. The molecule has 0 aliphatic carbocycles. The lowest BCUT2D eigenvalue weighted by Gasteiger charge is -2.20. The summed E-state index contributed by atoms with van der Waals surface area (Å²) in [5.41, 5.74) is 0.972. The highest BCUT2D eigenvalue weighted by Gasteiger charge is 2.08. The van der Waals surface area contributed by atoms with Crippen LogP contribution >= 0.6 is 0 Å². The zero-order chi connectivity index (χ0) is 11.8. The van der Waals surface area contributed by atoms with Crippen molar-refractivity contribution in [1.82, 2.24) is 0 Å². The first kappa shape index (κ1) is 12.5. The lowest BCUT2D eigenvalue weighted by atomic mass is 10.2. The highest BCUT2D eigenvalue weighted by molar-refractivity contribution is 5.91. The summed E-state index contributed by atoms with van der Waals surface area (Å²) in [5, 5.41) is 0. The van der Waals surface area contributed by atoms with E-state index in [9.17, 15) is 4.79 Å². The molecule has 1 aromatic carbocycles. The summed E-state index contributed by atoms with van der Waals surface area (Å²) < 4.78 is 0. The average Bonchev–Trinajstić information content (AvgIpc) is 2.30. The average molecular weight is 217 g/mol. The minimum absolute atomic E-state index is 0.0936. The predicted octanol–water partition coefficient (Wildman–Crippen LogP) is 3.40.